The fourth-order valence-electron chi connectivity index (χ4n) is 1.62. The molecule has 0 aliphatic carbocycles. The van der Waals surface area contributed by atoms with Crippen LogP contribution in [0.1, 0.15) is 26.7 Å². The Bertz CT molecular complexity index is 451. The van der Waals surface area contributed by atoms with E-state index < -0.39 is 40.3 Å². The van der Waals surface area contributed by atoms with E-state index in [4.69, 9.17) is 4.74 Å². The van der Waals surface area contributed by atoms with Gasteiger partial charge in [0, 0.05) is 10.7 Å². The van der Waals surface area contributed by atoms with Crippen molar-refractivity contribution in [3.8, 4) is 5.75 Å². The average molecular weight is 361 g/mol. The van der Waals surface area contributed by atoms with E-state index in [-0.39, 0.29) is 6.61 Å². The minimum absolute atomic E-state index is 0.149. The quantitative estimate of drug-likeness (QED) is 0.301. The zero-order valence-electron chi connectivity index (χ0n) is 11.0. The summed E-state index contributed by atoms with van der Waals surface area (Å²) in [5.41, 5.74) is -0.430. The third-order valence-corrected chi connectivity index (χ3v) is 4.67. The molecule has 0 fully saturated rings. The van der Waals surface area contributed by atoms with Gasteiger partial charge in [-0.05, 0) is 12.8 Å². The van der Waals surface area contributed by atoms with Crippen LogP contribution in [0.4, 0.5) is 22.0 Å². The fourth-order valence-corrected chi connectivity index (χ4v) is 2.57. The van der Waals surface area contributed by atoms with Crippen molar-refractivity contribution in [2.24, 2.45) is 5.41 Å². The minimum atomic E-state index is -2.19. The van der Waals surface area contributed by atoms with Crippen molar-refractivity contribution >= 4 is 15.9 Å². The van der Waals surface area contributed by atoms with E-state index in [0.29, 0.717) is 18.2 Å². The Morgan fingerprint density at radius 2 is 1.25 bits per heavy atom. The zero-order chi connectivity index (χ0) is 15.5. The molecule has 0 atom stereocenters. The molecule has 1 aromatic rings. The van der Waals surface area contributed by atoms with Gasteiger partial charge in [0.15, 0.2) is 5.75 Å². The molecule has 20 heavy (non-hydrogen) atoms. The van der Waals surface area contributed by atoms with E-state index in [9.17, 15) is 22.0 Å². The number of hydrogen-bond acceptors (Lipinski definition) is 1. The van der Waals surface area contributed by atoms with Crippen molar-refractivity contribution in [3.05, 3.63) is 29.1 Å². The molecular weight excluding hydrogens is 347 g/mol. The zero-order valence-corrected chi connectivity index (χ0v) is 12.6. The van der Waals surface area contributed by atoms with Gasteiger partial charge in [0.25, 0.3) is 0 Å². The summed E-state index contributed by atoms with van der Waals surface area (Å²) < 4.78 is 70.7. The number of halogens is 6. The van der Waals surface area contributed by atoms with E-state index in [1.807, 2.05) is 13.8 Å². The highest BCUT2D eigenvalue weighted by atomic mass is 79.9. The molecule has 0 saturated heterocycles. The largest absolute Gasteiger partial charge is 0.487 e. The third kappa shape index (κ3) is 3.07. The maximum Gasteiger partial charge on any atom is 0.206 e. The predicted molar refractivity (Wildman–Crippen MR) is 68.5 cm³/mol. The SMILES string of the molecule is CCC(CC)(CBr)COc1c(F)c(F)c(F)c(F)c1F. The van der Waals surface area contributed by atoms with Crippen molar-refractivity contribution in [1.29, 1.82) is 0 Å². The third-order valence-electron chi connectivity index (χ3n) is 3.48. The second-order valence-corrected chi connectivity index (χ2v) is 5.09. The molecule has 0 radical (unpaired) electrons. The van der Waals surface area contributed by atoms with Crippen LogP contribution in [0.2, 0.25) is 0 Å². The van der Waals surface area contributed by atoms with Crippen LogP contribution in [0.5, 0.6) is 5.75 Å². The van der Waals surface area contributed by atoms with Gasteiger partial charge in [-0.2, -0.15) is 8.78 Å². The second-order valence-electron chi connectivity index (χ2n) is 4.53. The molecule has 0 amide bonds. The molecular formula is C13H14BrF5O. The number of hydrogen-bond donors (Lipinski definition) is 0. The summed E-state index contributed by atoms with van der Waals surface area (Å²) in [6.45, 7) is 3.56. The number of alkyl halides is 1. The van der Waals surface area contributed by atoms with E-state index in [1.165, 1.54) is 0 Å². The Kier molecular flexibility index (Phi) is 5.79. The lowest BCUT2D eigenvalue weighted by atomic mass is 9.86. The lowest BCUT2D eigenvalue weighted by Crippen LogP contribution is -2.29. The standard InChI is InChI=1S/C13H14BrF5O/c1-3-13(4-2,5-14)6-20-12-10(18)8(16)7(15)9(17)11(12)19/h3-6H2,1-2H3. The molecule has 0 N–H and O–H groups in total. The number of ether oxygens (including phenoxy) is 1. The number of rotatable bonds is 6. The first-order valence-electron chi connectivity index (χ1n) is 6.03. The van der Waals surface area contributed by atoms with E-state index in [1.54, 1.807) is 0 Å². The second kappa shape index (κ2) is 6.74. The molecule has 1 aromatic carbocycles. The first-order chi connectivity index (χ1) is 9.33. The first kappa shape index (κ1) is 17.2. The molecule has 0 unspecified atom stereocenters. The summed E-state index contributed by atoms with van der Waals surface area (Å²) in [5.74, 6) is -11.3. The summed E-state index contributed by atoms with van der Waals surface area (Å²) in [7, 11) is 0. The Balaban J connectivity index is 3.11. The monoisotopic (exact) mass is 360 g/mol. The highest BCUT2D eigenvalue weighted by Crippen LogP contribution is 2.33. The Morgan fingerprint density at radius 1 is 0.850 bits per heavy atom. The van der Waals surface area contributed by atoms with Gasteiger partial charge in [-0.25, -0.2) is 13.2 Å². The molecule has 0 saturated carbocycles. The highest BCUT2D eigenvalue weighted by Gasteiger charge is 2.31. The van der Waals surface area contributed by atoms with Crippen LogP contribution < -0.4 is 4.74 Å². The normalized spacial score (nSPS) is 11.8. The summed E-state index contributed by atoms with van der Waals surface area (Å²) in [6, 6.07) is 0. The van der Waals surface area contributed by atoms with Crippen molar-refractivity contribution in [1.82, 2.24) is 0 Å². The van der Waals surface area contributed by atoms with Gasteiger partial charge < -0.3 is 4.74 Å². The van der Waals surface area contributed by atoms with Crippen molar-refractivity contribution in [2.45, 2.75) is 26.7 Å². The van der Waals surface area contributed by atoms with Gasteiger partial charge in [-0.1, -0.05) is 29.8 Å². The Hall–Kier alpha value is -0.850. The molecule has 0 bridgehead atoms. The van der Waals surface area contributed by atoms with Crippen LogP contribution in [0.15, 0.2) is 0 Å². The summed E-state index contributed by atoms with van der Waals surface area (Å²) in [5, 5.41) is 0.488. The number of benzene rings is 1. The van der Waals surface area contributed by atoms with E-state index >= 15 is 0 Å². The van der Waals surface area contributed by atoms with Gasteiger partial charge in [-0.15, -0.1) is 0 Å². The van der Waals surface area contributed by atoms with Gasteiger partial charge in [0.1, 0.15) is 0 Å². The van der Waals surface area contributed by atoms with Crippen molar-refractivity contribution in [3.63, 3.8) is 0 Å². The molecule has 7 heteroatoms. The van der Waals surface area contributed by atoms with Gasteiger partial charge in [0.05, 0.1) is 6.61 Å². The molecule has 0 aromatic heterocycles. The van der Waals surface area contributed by atoms with Crippen LogP contribution in [0.25, 0.3) is 0 Å². The van der Waals surface area contributed by atoms with E-state index in [0.717, 1.165) is 0 Å². The molecule has 1 nitrogen and oxygen atoms in total. The topological polar surface area (TPSA) is 9.23 Å². The lowest BCUT2D eigenvalue weighted by Gasteiger charge is -2.29. The average Bonchev–Trinajstić information content (AvgIpc) is 2.47. The molecule has 114 valence electrons. The summed E-state index contributed by atoms with van der Waals surface area (Å²) in [6.07, 6.45) is 1.26. The molecule has 0 heterocycles. The van der Waals surface area contributed by atoms with Crippen LogP contribution in [0, 0.1) is 34.5 Å². The molecule has 0 aliphatic heterocycles. The van der Waals surface area contributed by atoms with Gasteiger partial charge in [0.2, 0.25) is 29.1 Å². The van der Waals surface area contributed by atoms with Crippen molar-refractivity contribution < 1.29 is 26.7 Å². The van der Waals surface area contributed by atoms with Gasteiger partial charge >= 0.3 is 0 Å². The smallest absolute Gasteiger partial charge is 0.206 e. The predicted octanol–water partition coefficient (Wildman–Crippen LogP) is 4.96. The van der Waals surface area contributed by atoms with Crippen molar-refractivity contribution in [2.75, 3.05) is 11.9 Å². The molecule has 0 spiro atoms. The maximum atomic E-state index is 13.4. The Morgan fingerprint density at radius 3 is 1.60 bits per heavy atom. The van der Waals surface area contributed by atoms with Crippen LogP contribution in [0.3, 0.4) is 0 Å². The van der Waals surface area contributed by atoms with Crippen LogP contribution in [-0.2, 0) is 0 Å². The lowest BCUT2D eigenvalue weighted by molar-refractivity contribution is 0.144. The van der Waals surface area contributed by atoms with Crippen LogP contribution >= 0.6 is 15.9 Å². The maximum absolute atomic E-state index is 13.4. The minimum Gasteiger partial charge on any atom is -0.487 e. The Labute approximate surface area is 122 Å². The highest BCUT2D eigenvalue weighted by molar-refractivity contribution is 9.09. The fraction of sp³-hybridized carbons (Fsp3) is 0.538. The molecule has 0 aliphatic rings. The molecule has 1 rings (SSSR count). The summed E-state index contributed by atoms with van der Waals surface area (Å²) in [4.78, 5) is 0. The summed E-state index contributed by atoms with van der Waals surface area (Å²) >= 11 is 3.27. The first-order valence-corrected chi connectivity index (χ1v) is 7.15. The van der Waals surface area contributed by atoms with E-state index in [2.05, 4.69) is 15.9 Å². The van der Waals surface area contributed by atoms with Crippen LogP contribution in [-0.4, -0.2) is 11.9 Å². The van der Waals surface area contributed by atoms with Gasteiger partial charge in [-0.3, -0.25) is 0 Å².